The normalized spacial score (nSPS) is 14.6. The predicted octanol–water partition coefficient (Wildman–Crippen LogP) is 3.32. The fraction of sp³-hybridized carbons (Fsp3) is 0.304. The van der Waals surface area contributed by atoms with E-state index in [1.54, 1.807) is 25.6 Å². The van der Waals surface area contributed by atoms with Gasteiger partial charge in [0.05, 0.1) is 19.0 Å². The quantitative estimate of drug-likeness (QED) is 0.432. The Labute approximate surface area is 185 Å². The summed E-state index contributed by atoms with van der Waals surface area (Å²) in [7, 11) is 1.61. The second-order valence-electron chi connectivity index (χ2n) is 7.89. The van der Waals surface area contributed by atoms with Gasteiger partial charge in [0.2, 0.25) is 0 Å². The molecule has 1 saturated heterocycles. The average Bonchev–Trinajstić information content (AvgIpc) is 3.52. The molecule has 0 unspecified atom stereocenters. The van der Waals surface area contributed by atoms with Crippen LogP contribution in [0.15, 0.2) is 48.8 Å². The van der Waals surface area contributed by atoms with Gasteiger partial charge in [-0.3, -0.25) is 9.89 Å². The molecule has 1 fully saturated rings. The summed E-state index contributed by atoms with van der Waals surface area (Å²) in [5.41, 5.74) is 2.46. The summed E-state index contributed by atoms with van der Waals surface area (Å²) in [5.74, 6) is 2.67. The highest BCUT2D eigenvalue weighted by molar-refractivity contribution is 5.94. The van der Waals surface area contributed by atoms with Crippen LogP contribution < -0.4 is 10.1 Å². The SMILES string of the molecule is COc1cccc(C(=O)N2CCC(c3ccc4c(NCc5ncc[nH]5)n[nH]c4n3)CC2)c1. The van der Waals surface area contributed by atoms with E-state index >= 15 is 0 Å². The van der Waals surface area contributed by atoms with E-state index in [2.05, 4.69) is 37.6 Å². The molecule has 4 aromatic rings. The Kier molecular flexibility index (Phi) is 5.45. The second-order valence-corrected chi connectivity index (χ2v) is 7.89. The van der Waals surface area contributed by atoms with Gasteiger partial charge in [-0.05, 0) is 43.2 Å². The largest absolute Gasteiger partial charge is 0.497 e. The summed E-state index contributed by atoms with van der Waals surface area (Å²) < 4.78 is 5.24. The molecule has 9 nitrogen and oxygen atoms in total. The number of likely N-dealkylation sites (tertiary alicyclic amines) is 1. The van der Waals surface area contributed by atoms with Crippen molar-refractivity contribution in [3.8, 4) is 5.75 Å². The Morgan fingerprint density at radius 2 is 2.12 bits per heavy atom. The highest BCUT2D eigenvalue weighted by atomic mass is 16.5. The van der Waals surface area contributed by atoms with Gasteiger partial charge in [0.25, 0.3) is 5.91 Å². The van der Waals surface area contributed by atoms with Gasteiger partial charge < -0.3 is 19.9 Å². The van der Waals surface area contributed by atoms with Crippen molar-refractivity contribution in [1.82, 2.24) is 30.0 Å². The molecule has 1 aromatic carbocycles. The number of methoxy groups -OCH3 is 1. The van der Waals surface area contributed by atoms with Crippen LogP contribution in [-0.2, 0) is 6.54 Å². The van der Waals surface area contributed by atoms with Crippen LogP contribution in [0.1, 0.15) is 40.6 Å². The van der Waals surface area contributed by atoms with Crippen molar-refractivity contribution in [2.24, 2.45) is 0 Å². The maximum Gasteiger partial charge on any atom is 0.253 e. The van der Waals surface area contributed by atoms with Crippen molar-refractivity contribution in [3.63, 3.8) is 0 Å². The summed E-state index contributed by atoms with van der Waals surface area (Å²) >= 11 is 0. The average molecular weight is 432 g/mol. The minimum atomic E-state index is 0.0478. The summed E-state index contributed by atoms with van der Waals surface area (Å²) in [6.45, 7) is 1.98. The highest BCUT2D eigenvalue weighted by Gasteiger charge is 2.26. The third-order valence-corrected chi connectivity index (χ3v) is 5.94. The first kappa shape index (κ1) is 20.0. The third-order valence-electron chi connectivity index (χ3n) is 5.94. The molecule has 4 heterocycles. The molecule has 1 aliphatic rings. The zero-order valence-electron chi connectivity index (χ0n) is 17.8. The third kappa shape index (κ3) is 4.01. The van der Waals surface area contributed by atoms with E-state index in [1.165, 1.54) is 0 Å². The number of nitrogens with zero attached hydrogens (tertiary/aromatic N) is 4. The van der Waals surface area contributed by atoms with Crippen molar-refractivity contribution in [2.75, 3.05) is 25.5 Å². The van der Waals surface area contributed by atoms with Crippen molar-refractivity contribution >= 4 is 22.8 Å². The fourth-order valence-electron chi connectivity index (χ4n) is 4.16. The first-order chi connectivity index (χ1) is 15.7. The molecule has 0 spiro atoms. The van der Waals surface area contributed by atoms with E-state index in [0.29, 0.717) is 36.9 Å². The van der Waals surface area contributed by atoms with Gasteiger partial charge >= 0.3 is 0 Å². The van der Waals surface area contributed by atoms with Gasteiger partial charge in [-0.2, -0.15) is 5.10 Å². The number of nitrogens with one attached hydrogen (secondary N) is 3. The molecule has 0 radical (unpaired) electrons. The van der Waals surface area contributed by atoms with Gasteiger partial charge in [0.15, 0.2) is 11.5 Å². The Morgan fingerprint density at radius 1 is 1.25 bits per heavy atom. The Hall–Kier alpha value is -3.88. The molecular weight excluding hydrogens is 406 g/mol. The molecule has 0 aliphatic carbocycles. The number of aromatic amines is 2. The molecule has 1 amide bonds. The number of aromatic nitrogens is 5. The lowest BCUT2D eigenvalue weighted by molar-refractivity contribution is 0.0711. The summed E-state index contributed by atoms with van der Waals surface area (Å²) in [6, 6.07) is 11.4. The van der Waals surface area contributed by atoms with Crippen LogP contribution in [0.2, 0.25) is 0 Å². The Balaban J connectivity index is 1.23. The summed E-state index contributed by atoms with van der Waals surface area (Å²) in [5, 5.41) is 11.6. The number of carbonyl (C=O) groups excluding carboxylic acids is 1. The molecule has 3 aromatic heterocycles. The lowest BCUT2D eigenvalue weighted by Crippen LogP contribution is -2.38. The lowest BCUT2D eigenvalue weighted by atomic mass is 9.92. The molecule has 32 heavy (non-hydrogen) atoms. The number of ether oxygens (including phenoxy) is 1. The molecule has 3 N–H and O–H groups in total. The number of piperidine rings is 1. The summed E-state index contributed by atoms with van der Waals surface area (Å²) in [6.07, 6.45) is 5.28. The number of anilines is 1. The van der Waals surface area contributed by atoms with Crippen LogP contribution in [0.25, 0.3) is 11.0 Å². The smallest absolute Gasteiger partial charge is 0.253 e. The van der Waals surface area contributed by atoms with E-state index in [0.717, 1.165) is 41.2 Å². The van der Waals surface area contributed by atoms with E-state index in [9.17, 15) is 4.79 Å². The Morgan fingerprint density at radius 3 is 2.91 bits per heavy atom. The number of hydrogen-bond acceptors (Lipinski definition) is 6. The monoisotopic (exact) mass is 431 g/mol. The Bertz CT molecular complexity index is 1210. The lowest BCUT2D eigenvalue weighted by Gasteiger charge is -2.32. The van der Waals surface area contributed by atoms with Gasteiger partial charge in [0, 0.05) is 42.7 Å². The minimum absolute atomic E-state index is 0.0478. The van der Waals surface area contributed by atoms with E-state index in [1.807, 2.05) is 23.1 Å². The molecule has 164 valence electrons. The number of carbonyl (C=O) groups is 1. The van der Waals surface area contributed by atoms with E-state index in [4.69, 9.17) is 9.72 Å². The van der Waals surface area contributed by atoms with Crippen LogP contribution in [0.5, 0.6) is 5.75 Å². The number of H-pyrrole nitrogens is 2. The molecule has 0 atom stereocenters. The molecular formula is C23H25N7O2. The molecule has 1 aliphatic heterocycles. The molecule has 9 heteroatoms. The first-order valence-electron chi connectivity index (χ1n) is 10.7. The van der Waals surface area contributed by atoms with Gasteiger partial charge in [0.1, 0.15) is 11.6 Å². The minimum Gasteiger partial charge on any atom is -0.497 e. The fourth-order valence-corrected chi connectivity index (χ4v) is 4.16. The predicted molar refractivity (Wildman–Crippen MR) is 121 cm³/mol. The number of rotatable bonds is 6. The van der Waals surface area contributed by atoms with Crippen LogP contribution in [0, 0.1) is 0 Å². The number of amides is 1. The van der Waals surface area contributed by atoms with Crippen LogP contribution in [0.4, 0.5) is 5.82 Å². The van der Waals surface area contributed by atoms with Crippen LogP contribution in [0.3, 0.4) is 0 Å². The maximum absolute atomic E-state index is 12.9. The number of hydrogen-bond donors (Lipinski definition) is 3. The molecule has 0 saturated carbocycles. The number of benzene rings is 1. The van der Waals surface area contributed by atoms with Gasteiger partial charge in [-0.25, -0.2) is 9.97 Å². The topological polar surface area (TPSA) is 112 Å². The van der Waals surface area contributed by atoms with Crippen molar-refractivity contribution in [2.45, 2.75) is 25.3 Å². The standard InChI is InChI=1S/C23H25N7O2/c1-32-17-4-2-3-16(13-17)23(31)30-11-7-15(8-12-30)19-6-5-18-21(28-29-22(18)27-19)26-14-20-24-9-10-25-20/h2-6,9-10,13,15H,7-8,11-12,14H2,1H3,(H,24,25)(H2,26,27,28,29). The maximum atomic E-state index is 12.9. The highest BCUT2D eigenvalue weighted by Crippen LogP contribution is 2.30. The van der Waals surface area contributed by atoms with Gasteiger partial charge in [-0.15, -0.1) is 0 Å². The zero-order valence-corrected chi connectivity index (χ0v) is 17.8. The van der Waals surface area contributed by atoms with Crippen molar-refractivity contribution < 1.29 is 9.53 Å². The van der Waals surface area contributed by atoms with Crippen LogP contribution in [-0.4, -0.2) is 56.2 Å². The van der Waals surface area contributed by atoms with Crippen molar-refractivity contribution in [1.29, 1.82) is 0 Å². The number of imidazole rings is 1. The van der Waals surface area contributed by atoms with E-state index in [-0.39, 0.29) is 5.91 Å². The number of pyridine rings is 1. The summed E-state index contributed by atoms with van der Waals surface area (Å²) in [4.78, 5) is 26.9. The molecule has 5 rings (SSSR count). The zero-order chi connectivity index (χ0) is 21.9. The van der Waals surface area contributed by atoms with Crippen LogP contribution >= 0.6 is 0 Å². The van der Waals surface area contributed by atoms with E-state index < -0.39 is 0 Å². The van der Waals surface area contributed by atoms with Crippen molar-refractivity contribution in [3.05, 3.63) is 65.9 Å². The molecule has 0 bridgehead atoms. The first-order valence-corrected chi connectivity index (χ1v) is 10.7. The second kappa shape index (κ2) is 8.70. The number of fused-ring (bicyclic) bond motifs is 1. The van der Waals surface area contributed by atoms with Gasteiger partial charge in [-0.1, -0.05) is 6.07 Å².